The van der Waals surface area contributed by atoms with Crippen molar-refractivity contribution in [1.29, 1.82) is 0 Å². The number of hydrogen-bond acceptors (Lipinski definition) is 3. The second-order valence-electron chi connectivity index (χ2n) is 6.87. The van der Waals surface area contributed by atoms with E-state index in [-0.39, 0.29) is 23.5 Å². The lowest BCUT2D eigenvalue weighted by Crippen LogP contribution is -2.53. The minimum atomic E-state index is -1.09. The van der Waals surface area contributed by atoms with E-state index in [1.807, 2.05) is 42.5 Å². The van der Waals surface area contributed by atoms with E-state index in [4.69, 9.17) is 27.9 Å². The van der Waals surface area contributed by atoms with E-state index in [2.05, 4.69) is 0 Å². The molecule has 7 heteroatoms. The topological polar surface area (TPSA) is 66.8 Å². The van der Waals surface area contributed by atoms with Crippen LogP contribution < -0.4 is 4.90 Å². The fraction of sp³-hybridized carbons (Fsp3) is 0.238. The van der Waals surface area contributed by atoms with Gasteiger partial charge >= 0.3 is 12.1 Å². The van der Waals surface area contributed by atoms with Crippen LogP contribution >= 0.6 is 23.2 Å². The number of carbonyl (C=O) groups is 2. The van der Waals surface area contributed by atoms with Crippen LogP contribution in [0, 0.1) is 5.92 Å². The fourth-order valence-electron chi connectivity index (χ4n) is 4.04. The molecule has 1 N–H and O–H groups in total. The molecular weight excluding hydrogens is 401 g/mol. The molecule has 0 unspecified atom stereocenters. The molecule has 1 aliphatic carbocycles. The Hall–Kier alpha value is -2.50. The van der Waals surface area contributed by atoms with Crippen LogP contribution in [0.2, 0.25) is 10.0 Å². The molecular formula is C21H17Cl2NO4. The first-order valence-electron chi connectivity index (χ1n) is 8.85. The predicted molar refractivity (Wildman–Crippen MR) is 107 cm³/mol. The molecule has 1 amide bonds. The number of aliphatic carboxylic acids is 1. The van der Waals surface area contributed by atoms with Crippen LogP contribution in [-0.4, -0.2) is 23.2 Å². The minimum absolute atomic E-state index is 0.0371. The van der Waals surface area contributed by atoms with Crippen LogP contribution in [0.4, 0.5) is 10.5 Å². The van der Waals surface area contributed by atoms with Crippen LogP contribution in [0.1, 0.15) is 23.5 Å². The molecule has 144 valence electrons. The Kier molecular flexibility index (Phi) is 5.04. The van der Waals surface area contributed by atoms with Gasteiger partial charge in [-0.25, -0.2) is 9.59 Å². The number of ether oxygens (including phenoxy) is 1. The van der Waals surface area contributed by atoms with Crippen molar-refractivity contribution in [2.45, 2.75) is 25.0 Å². The summed E-state index contributed by atoms with van der Waals surface area (Å²) in [7, 11) is 0. The molecule has 28 heavy (non-hydrogen) atoms. The third kappa shape index (κ3) is 3.25. The summed E-state index contributed by atoms with van der Waals surface area (Å²) in [6.07, 6.45) is 3.70. The predicted octanol–water partition coefficient (Wildman–Crippen LogP) is 5.26. The SMILES string of the molecule is O=C(O)[C@@H]1[C@@H]2CC=C[C@@H]2c2cc(Cl)cc(Cl)c2N1C(=O)OCc1ccccc1. The fourth-order valence-corrected chi connectivity index (χ4v) is 4.64. The molecule has 0 radical (unpaired) electrons. The van der Waals surface area contributed by atoms with E-state index in [0.29, 0.717) is 17.1 Å². The van der Waals surface area contributed by atoms with Crippen molar-refractivity contribution < 1.29 is 19.4 Å². The zero-order chi connectivity index (χ0) is 19.8. The van der Waals surface area contributed by atoms with Gasteiger partial charge in [0.05, 0.1) is 10.7 Å². The first kappa shape index (κ1) is 18.8. The first-order valence-corrected chi connectivity index (χ1v) is 9.61. The molecule has 2 aromatic carbocycles. The maximum absolute atomic E-state index is 13.0. The largest absolute Gasteiger partial charge is 0.480 e. The van der Waals surface area contributed by atoms with Gasteiger partial charge in [-0.15, -0.1) is 0 Å². The maximum Gasteiger partial charge on any atom is 0.415 e. The van der Waals surface area contributed by atoms with Crippen molar-refractivity contribution >= 4 is 41.0 Å². The first-order chi connectivity index (χ1) is 13.5. The van der Waals surface area contributed by atoms with Gasteiger partial charge < -0.3 is 9.84 Å². The Morgan fingerprint density at radius 1 is 1.18 bits per heavy atom. The molecule has 1 heterocycles. The highest BCUT2D eigenvalue weighted by molar-refractivity contribution is 6.37. The van der Waals surface area contributed by atoms with Crippen LogP contribution in [0.15, 0.2) is 54.6 Å². The van der Waals surface area contributed by atoms with Gasteiger partial charge in [-0.05, 0) is 29.7 Å². The number of carboxylic acids is 1. The number of rotatable bonds is 3. The molecule has 1 aliphatic heterocycles. The van der Waals surface area contributed by atoms with E-state index in [9.17, 15) is 14.7 Å². The minimum Gasteiger partial charge on any atom is -0.480 e. The van der Waals surface area contributed by atoms with Gasteiger partial charge in [0, 0.05) is 16.9 Å². The Morgan fingerprint density at radius 2 is 1.93 bits per heavy atom. The van der Waals surface area contributed by atoms with Crippen LogP contribution in [0.3, 0.4) is 0 Å². The Balaban J connectivity index is 1.74. The summed E-state index contributed by atoms with van der Waals surface area (Å²) in [5, 5.41) is 10.6. The summed E-state index contributed by atoms with van der Waals surface area (Å²) >= 11 is 12.6. The quantitative estimate of drug-likeness (QED) is 0.691. The lowest BCUT2D eigenvalue weighted by molar-refractivity contribution is -0.140. The number of carboxylic acid groups (broad SMARTS) is 1. The van der Waals surface area contributed by atoms with Gasteiger partial charge in [-0.2, -0.15) is 0 Å². The molecule has 3 atom stereocenters. The molecule has 0 saturated heterocycles. The molecule has 2 aliphatic rings. The summed E-state index contributed by atoms with van der Waals surface area (Å²) in [6, 6.07) is 11.4. The Bertz CT molecular complexity index is 960. The number of allylic oxidation sites excluding steroid dienone is 2. The highest BCUT2D eigenvalue weighted by Gasteiger charge is 2.49. The number of amides is 1. The van der Waals surface area contributed by atoms with Crippen molar-refractivity contribution in [2.24, 2.45) is 5.92 Å². The van der Waals surface area contributed by atoms with E-state index >= 15 is 0 Å². The third-order valence-electron chi connectivity index (χ3n) is 5.21. The zero-order valence-corrected chi connectivity index (χ0v) is 16.2. The number of anilines is 1. The molecule has 4 rings (SSSR count). The maximum atomic E-state index is 13.0. The normalized spacial score (nSPS) is 22.5. The van der Waals surface area contributed by atoms with Gasteiger partial charge in [-0.3, -0.25) is 4.90 Å². The molecule has 2 aromatic rings. The summed E-state index contributed by atoms with van der Waals surface area (Å²) < 4.78 is 5.45. The molecule has 5 nitrogen and oxygen atoms in total. The molecule has 0 aromatic heterocycles. The lowest BCUT2D eigenvalue weighted by Gasteiger charge is -2.41. The van der Waals surface area contributed by atoms with Gasteiger partial charge in [-0.1, -0.05) is 65.7 Å². The highest BCUT2D eigenvalue weighted by atomic mass is 35.5. The smallest absolute Gasteiger partial charge is 0.415 e. The van der Waals surface area contributed by atoms with E-state index in [0.717, 1.165) is 11.1 Å². The van der Waals surface area contributed by atoms with Crippen molar-refractivity contribution in [1.82, 2.24) is 0 Å². The van der Waals surface area contributed by atoms with E-state index in [1.165, 1.54) is 11.0 Å². The molecule has 0 saturated carbocycles. The zero-order valence-electron chi connectivity index (χ0n) is 14.7. The van der Waals surface area contributed by atoms with Crippen molar-refractivity contribution in [3.05, 3.63) is 75.8 Å². The Morgan fingerprint density at radius 3 is 2.64 bits per heavy atom. The van der Waals surface area contributed by atoms with E-state index < -0.39 is 18.1 Å². The van der Waals surface area contributed by atoms with Crippen molar-refractivity contribution in [2.75, 3.05) is 4.90 Å². The molecule has 0 bridgehead atoms. The summed E-state index contributed by atoms with van der Waals surface area (Å²) in [5.41, 5.74) is 1.90. The van der Waals surface area contributed by atoms with Crippen molar-refractivity contribution in [3.63, 3.8) is 0 Å². The van der Waals surface area contributed by atoms with Crippen molar-refractivity contribution in [3.8, 4) is 0 Å². The number of carbonyl (C=O) groups excluding carboxylic acids is 1. The highest BCUT2D eigenvalue weighted by Crippen LogP contribution is 2.51. The average Bonchev–Trinajstić information content (AvgIpc) is 3.15. The van der Waals surface area contributed by atoms with Gasteiger partial charge in [0.1, 0.15) is 12.6 Å². The van der Waals surface area contributed by atoms with Gasteiger partial charge in [0.25, 0.3) is 0 Å². The Labute approximate surface area is 172 Å². The molecule has 0 fully saturated rings. The van der Waals surface area contributed by atoms with Gasteiger partial charge in [0.2, 0.25) is 0 Å². The number of nitrogens with zero attached hydrogens (tertiary/aromatic N) is 1. The summed E-state index contributed by atoms with van der Waals surface area (Å²) in [6.45, 7) is 0.0371. The lowest BCUT2D eigenvalue weighted by atomic mass is 9.78. The van der Waals surface area contributed by atoms with Crippen LogP contribution in [-0.2, 0) is 16.1 Å². The molecule has 0 spiro atoms. The monoisotopic (exact) mass is 417 g/mol. The number of halogens is 2. The summed E-state index contributed by atoms with van der Waals surface area (Å²) in [5.74, 6) is -1.55. The summed E-state index contributed by atoms with van der Waals surface area (Å²) in [4.78, 5) is 26.3. The van der Waals surface area contributed by atoms with Gasteiger partial charge in [0.15, 0.2) is 0 Å². The van der Waals surface area contributed by atoms with E-state index in [1.54, 1.807) is 6.07 Å². The second kappa shape index (κ2) is 7.49. The standard InChI is InChI=1S/C21H17Cl2NO4/c22-13-9-16-14-7-4-8-15(14)19(20(25)26)24(18(16)17(23)10-13)21(27)28-11-12-5-2-1-3-6-12/h1-7,9-10,14-15,19H,8,11H2,(H,25,26)/t14-,15+,19-/m0/s1. The van der Waals surface area contributed by atoms with Crippen LogP contribution in [0.5, 0.6) is 0 Å². The van der Waals surface area contributed by atoms with Crippen LogP contribution in [0.25, 0.3) is 0 Å². The third-order valence-corrected chi connectivity index (χ3v) is 5.72. The second-order valence-corrected chi connectivity index (χ2v) is 7.72. The number of fused-ring (bicyclic) bond motifs is 3. The number of hydrogen-bond donors (Lipinski definition) is 1. The average molecular weight is 418 g/mol. The number of benzene rings is 2.